The Hall–Kier alpha value is -2.50. The Morgan fingerprint density at radius 1 is 1.19 bits per heavy atom. The van der Waals surface area contributed by atoms with E-state index in [-0.39, 0.29) is 29.4 Å². The van der Waals surface area contributed by atoms with Crippen molar-refractivity contribution < 1.29 is 14.3 Å². The van der Waals surface area contributed by atoms with Crippen LogP contribution >= 0.6 is 0 Å². The van der Waals surface area contributed by atoms with Crippen LogP contribution in [0.15, 0.2) is 36.4 Å². The van der Waals surface area contributed by atoms with Crippen LogP contribution in [0.5, 0.6) is 5.75 Å². The van der Waals surface area contributed by atoms with Gasteiger partial charge < -0.3 is 20.7 Å². The van der Waals surface area contributed by atoms with Crippen molar-refractivity contribution in [1.82, 2.24) is 10.6 Å². The molecule has 0 bridgehead atoms. The molecule has 0 radical (unpaired) electrons. The Balaban J connectivity index is 1.42. The number of carbonyl (C=O) groups is 2. The summed E-state index contributed by atoms with van der Waals surface area (Å²) in [4.78, 5) is 25.2. The van der Waals surface area contributed by atoms with Gasteiger partial charge in [-0.05, 0) is 73.5 Å². The van der Waals surface area contributed by atoms with Crippen LogP contribution in [0.2, 0.25) is 0 Å². The molecule has 1 aliphatic heterocycles. The molecule has 7 atom stereocenters. The lowest BCUT2D eigenvalue weighted by Gasteiger charge is -2.60. The van der Waals surface area contributed by atoms with Crippen LogP contribution in [0, 0.1) is 28.6 Å². The monoisotopic (exact) mass is 437 g/mol. The summed E-state index contributed by atoms with van der Waals surface area (Å²) < 4.78 is 5.28. The molecule has 3 aliphatic carbocycles. The highest BCUT2D eigenvalue weighted by Gasteiger charge is 2.60. The van der Waals surface area contributed by atoms with Crippen molar-refractivity contribution in [2.75, 3.05) is 12.4 Å². The van der Waals surface area contributed by atoms with E-state index in [1.54, 1.807) is 13.2 Å². The number of nitrogens with one attached hydrogen (secondary N) is 3. The van der Waals surface area contributed by atoms with Crippen molar-refractivity contribution in [2.45, 2.75) is 64.5 Å². The van der Waals surface area contributed by atoms with Crippen LogP contribution in [0.25, 0.3) is 0 Å². The second kappa shape index (κ2) is 7.82. The van der Waals surface area contributed by atoms with E-state index < -0.39 is 0 Å². The smallest absolute Gasteiger partial charge is 0.319 e. The maximum absolute atomic E-state index is 13.1. The van der Waals surface area contributed by atoms with Gasteiger partial charge in [-0.3, -0.25) is 4.79 Å². The van der Waals surface area contributed by atoms with Crippen LogP contribution in [-0.2, 0) is 4.79 Å². The fourth-order valence-corrected chi connectivity index (χ4v) is 7.52. The van der Waals surface area contributed by atoms with Crippen LogP contribution in [0.3, 0.4) is 0 Å². The summed E-state index contributed by atoms with van der Waals surface area (Å²) in [6.07, 6.45) is 10.9. The van der Waals surface area contributed by atoms with Gasteiger partial charge in [0.05, 0.1) is 7.11 Å². The number of benzene rings is 1. The minimum atomic E-state index is -0.187. The van der Waals surface area contributed by atoms with Crippen LogP contribution in [0.1, 0.15) is 52.4 Å². The molecule has 4 aliphatic rings. The third kappa shape index (κ3) is 3.48. The summed E-state index contributed by atoms with van der Waals surface area (Å²) in [6, 6.07) is 7.31. The van der Waals surface area contributed by atoms with Crippen molar-refractivity contribution in [3.8, 4) is 5.75 Å². The van der Waals surface area contributed by atoms with Gasteiger partial charge in [-0.15, -0.1) is 0 Å². The molecule has 6 heteroatoms. The van der Waals surface area contributed by atoms with Crippen molar-refractivity contribution in [3.63, 3.8) is 0 Å². The first-order chi connectivity index (χ1) is 15.3. The van der Waals surface area contributed by atoms with Crippen molar-refractivity contribution >= 4 is 17.6 Å². The molecule has 5 rings (SSSR count). The SMILES string of the molecule is COc1cccc(NC(=O)NC2CC3NC(=O)C=C[C@]3(C)[C@@H]3CC[C@]4(C)CCC[C@H]4[C@H]23)c1. The molecule has 3 amide bonds. The zero-order chi connectivity index (χ0) is 22.5. The number of methoxy groups -OCH3 is 1. The normalized spacial score (nSPS) is 39.8. The molecule has 0 saturated heterocycles. The van der Waals surface area contributed by atoms with Gasteiger partial charge in [-0.1, -0.05) is 32.4 Å². The summed E-state index contributed by atoms with van der Waals surface area (Å²) in [6.45, 7) is 4.77. The summed E-state index contributed by atoms with van der Waals surface area (Å²) >= 11 is 0. The molecule has 3 saturated carbocycles. The lowest BCUT2D eigenvalue weighted by molar-refractivity contribution is -0.123. The van der Waals surface area contributed by atoms with Gasteiger partial charge >= 0.3 is 6.03 Å². The molecule has 0 aromatic heterocycles. The minimum Gasteiger partial charge on any atom is -0.497 e. The van der Waals surface area contributed by atoms with E-state index >= 15 is 0 Å². The van der Waals surface area contributed by atoms with E-state index in [9.17, 15) is 9.59 Å². The number of amides is 3. The Kier molecular flexibility index (Phi) is 5.22. The topological polar surface area (TPSA) is 79.5 Å². The first-order valence-corrected chi connectivity index (χ1v) is 12.0. The third-order valence-corrected chi connectivity index (χ3v) is 9.17. The number of anilines is 1. The summed E-state index contributed by atoms with van der Waals surface area (Å²) in [5, 5.41) is 9.54. The Morgan fingerprint density at radius 2 is 2.03 bits per heavy atom. The predicted molar refractivity (Wildman–Crippen MR) is 124 cm³/mol. The molecule has 3 fully saturated rings. The van der Waals surface area contributed by atoms with Gasteiger partial charge in [0, 0.05) is 29.3 Å². The van der Waals surface area contributed by atoms with Gasteiger partial charge in [-0.25, -0.2) is 4.79 Å². The van der Waals surface area contributed by atoms with Crippen LogP contribution in [-0.4, -0.2) is 31.1 Å². The van der Waals surface area contributed by atoms with Crippen LogP contribution in [0.4, 0.5) is 10.5 Å². The lowest BCUT2D eigenvalue weighted by atomic mass is 9.47. The van der Waals surface area contributed by atoms with Crippen molar-refractivity contribution in [3.05, 3.63) is 36.4 Å². The molecule has 1 aromatic rings. The third-order valence-electron chi connectivity index (χ3n) is 9.17. The summed E-state index contributed by atoms with van der Waals surface area (Å²) in [5.74, 6) is 2.19. The summed E-state index contributed by atoms with van der Waals surface area (Å²) in [7, 11) is 1.62. The lowest BCUT2D eigenvalue weighted by Crippen LogP contribution is -2.66. The molecule has 6 nitrogen and oxygen atoms in total. The Labute approximate surface area is 190 Å². The van der Waals surface area contributed by atoms with Gasteiger partial charge in [0.25, 0.3) is 0 Å². The number of carbonyl (C=O) groups excluding carboxylic acids is 2. The van der Waals surface area contributed by atoms with Gasteiger partial charge in [-0.2, -0.15) is 0 Å². The van der Waals surface area contributed by atoms with Gasteiger partial charge in [0.1, 0.15) is 5.75 Å². The number of rotatable bonds is 3. The summed E-state index contributed by atoms with van der Waals surface area (Å²) in [5.41, 5.74) is 1.03. The predicted octanol–water partition coefficient (Wildman–Crippen LogP) is 4.48. The molecular formula is C26H35N3O3. The van der Waals surface area contributed by atoms with Crippen molar-refractivity contribution in [2.24, 2.45) is 28.6 Å². The van der Waals surface area contributed by atoms with E-state index in [4.69, 9.17) is 4.74 Å². The van der Waals surface area contributed by atoms with E-state index in [1.165, 1.54) is 25.7 Å². The second-order valence-corrected chi connectivity index (χ2v) is 10.8. The standard InChI is InChI=1S/C26H35N3O3/c1-25-11-5-8-18(25)23-19(9-12-25)26(2)13-10-22(30)29-21(26)15-20(23)28-24(31)27-16-6-4-7-17(14-16)32-3/h4,6-7,10,13-14,18-21,23H,5,8-9,11-12,15H2,1-3H3,(H,29,30)(H2,27,28,31)/t18-,19+,20?,21?,23-,25-,26+/m0/s1. The maximum atomic E-state index is 13.1. The number of urea groups is 1. The van der Waals surface area contributed by atoms with Gasteiger partial charge in [0.2, 0.25) is 5.91 Å². The molecule has 1 aromatic carbocycles. The average molecular weight is 438 g/mol. The zero-order valence-electron chi connectivity index (χ0n) is 19.3. The molecule has 3 N–H and O–H groups in total. The second-order valence-electron chi connectivity index (χ2n) is 10.8. The zero-order valence-corrected chi connectivity index (χ0v) is 19.3. The largest absolute Gasteiger partial charge is 0.497 e. The van der Waals surface area contributed by atoms with Crippen molar-refractivity contribution in [1.29, 1.82) is 0 Å². The highest BCUT2D eigenvalue weighted by atomic mass is 16.5. The van der Waals surface area contributed by atoms with E-state index in [0.29, 0.717) is 34.6 Å². The first kappa shape index (κ1) is 21.4. The average Bonchev–Trinajstić information content (AvgIpc) is 3.16. The molecule has 2 unspecified atom stereocenters. The Morgan fingerprint density at radius 3 is 2.84 bits per heavy atom. The van der Waals surface area contributed by atoms with E-state index in [1.807, 2.05) is 24.3 Å². The molecule has 172 valence electrons. The highest BCUT2D eigenvalue weighted by molar-refractivity contribution is 5.90. The molecule has 0 spiro atoms. The van der Waals surface area contributed by atoms with Gasteiger partial charge in [0.15, 0.2) is 0 Å². The van der Waals surface area contributed by atoms with Crippen LogP contribution < -0.4 is 20.7 Å². The number of hydrogen-bond donors (Lipinski definition) is 3. The molecule has 32 heavy (non-hydrogen) atoms. The number of ether oxygens (including phenoxy) is 1. The fourth-order valence-electron chi connectivity index (χ4n) is 7.52. The fraction of sp³-hybridized carbons (Fsp3) is 0.615. The minimum absolute atomic E-state index is 0.0213. The maximum Gasteiger partial charge on any atom is 0.319 e. The number of hydrogen-bond acceptors (Lipinski definition) is 3. The quantitative estimate of drug-likeness (QED) is 0.652. The molecule has 1 heterocycles. The molecular weight excluding hydrogens is 402 g/mol. The Bertz CT molecular complexity index is 946. The van der Waals surface area contributed by atoms with E-state index in [0.717, 1.165) is 12.8 Å². The van der Waals surface area contributed by atoms with E-state index in [2.05, 4.69) is 35.9 Å². The highest BCUT2D eigenvalue weighted by Crippen LogP contribution is 2.63. The first-order valence-electron chi connectivity index (χ1n) is 12.0. The number of fused-ring (bicyclic) bond motifs is 5.